The highest BCUT2D eigenvalue weighted by Gasteiger charge is 2.24. The average molecular weight is 300 g/mol. The molecular formula is C13H20N2O4S. The molecule has 1 heterocycles. The van der Waals surface area contributed by atoms with E-state index >= 15 is 0 Å². The molecule has 0 fully saturated rings. The fraction of sp³-hybridized carbons (Fsp3) is 0.615. The summed E-state index contributed by atoms with van der Waals surface area (Å²) < 4.78 is 4.97. The fourth-order valence-electron chi connectivity index (χ4n) is 1.76. The monoisotopic (exact) mass is 300 g/mol. The number of carboxylic acid groups (broad SMARTS) is 1. The van der Waals surface area contributed by atoms with E-state index in [4.69, 9.17) is 9.84 Å². The molecule has 0 aliphatic carbocycles. The van der Waals surface area contributed by atoms with Crippen LogP contribution in [-0.2, 0) is 16.1 Å². The molecule has 0 radical (unpaired) electrons. The predicted octanol–water partition coefficient (Wildman–Crippen LogP) is 1.83. The number of thiazole rings is 1. The van der Waals surface area contributed by atoms with E-state index in [1.165, 1.54) is 11.3 Å². The Bertz CT molecular complexity index is 485. The summed E-state index contributed by atoms with van der Waals surface area (Å²) >= 11 is 1.22. The maximum Gasteiger partial charge on any atom is 0.326 e. The third kappa shape index (κ3) is 4.57. The minimum atomic E-state index is -1.02. The number of carbonyl (C=O) groups excluding carboxylic acids is 1. The Morgan fingerprint density at radius 1 is 1.45 bits per heavy atom. The Labute approximate surface area is 122 Å². The number of hydrogen-bond acceptors (Lipinski definition) is 5. The molecule has 112 valence electrons. The molecule has 1 aromatic heterocycles. The number of amides is 1. The Balaban J connectivity index is 2.80. The first kappa shape index (κ1) is 16.6. The van der Waals surface area contributed by atoms with Crippen molar-refractivity contribution in [1.82, 2.24) is 10.3 Å². The summed E-state index contributed by atoms with van der Waals surface area (Å²) in [5, 5.41) is 12.4. The van der Waals surface area contributed by atoms with Gasteiger partial charge in [0.1, 0.15) is 15.9 Å². The van der Waals surface area contributed by atoms with E-state index in [1.807, 2.05) is 13.8 Å². The molecule has 2 N–H and O–H groups in total. The van der Waals surface area contributed by atoms with Crippen LogP contribution >= 0.6 is 11.3 Å². The maximum atomic E-state index is 12.1. The molecule has 0 aliphatic heterocycles. The third-order valence-electron chi connectivity index (χ3n) is 2.63. The number of hydrogen-bond donors (Lipinski definition) is 2. The Kier molecular flexibility index (Phi) is 6.09. The van der Waals surface area contributed by atoms with Crippen LogP contribution in [0, 0.1) is 12.8 Å². The molecule has 0 aliphatic rings. The van der Waals surface area contributed by atoms with Crippen LogP contribution in [0.4, 0.5) is 0 Å². The van der Waals surface area contributed by atoms with Crippen molar-refractivity contribution in [1.29, 1.82) is 0 Å². The zero-order valence-electron chi connectivity index (χ0n) is 12.1. The van der Waals surface area contributed by atoms with Gasteiger partial charge < -0.3 is 15.2 Å². The lowest BCUT2D eigenvalue weighted by Crippen LogP contribution is -2.41. The second kappa shape index (κ2) is 7.35. The zero-order valence-corrected chi connectivity index (χ0v) is 12.9. The van der Waals surface area contributed by atoms with Gasteiger partial charge in [-0.15, -0.1) is 11.3 Å². The number of aliphatic carboxylic acids is 1. The van der Waals surface area contributed by atoms with Crippen LogP contribution in [0.2, 0.25) is 0 Å². The van der Waals surface area contributed by atoms with Crippen LogP contribution in [0.25, 0.3) is 0 Å². The molecule has 1 atom stereocenters. The van der Waals surface area contributed by atoms with E-state index in [9.17, 15) is 9.59 Å². The normalized spacial score (nSPS) is 12.4. The number of nitrogens with zero attached hydrogens (tertiary/aromatic N) is 1. The quantitative estimate of drug-likeness (QED) is 0.802. The van der Waals surface area contributed by atoms with Gasteiger partial charge in [-0.1, -0.05) is 13.8 Å². The standard InChI is InChI=1S/C13H20N2O4S/c1-7(2)5-9(13(17)18)15-12(16)11-8(3)14-10(20-11)6-19-4/h7,9H,5-6H2,1-4H3,(H,15,16)(H,17,18)/t9-/m0/s1. The van der Waals surface area contributed by atoms with Crippen LogP contribution in [0.15, 0.2) is 0 Å². The van der Waals surface area contributed by atoms with E-state index in [-0.39, 0.29) is 5.92 Å². The van der Waals surface area contributed by atoms with E-state index in [0.29, 0.717) is 28.6 Å². The second-order valence-electron chi connectivity index (χ2n) is 4.95. The molecule has 0 aromatic carbocycles. The highest BCUT2D eigenvalue weighted by atomic mass is 32.1. The number of carbonyl (C=O) groups is 2. The molecule has 0 spiro atoms. The SMILES string of the molecule is COCc1nc(C)c(C(=O)N[C@@H](CC(C)C)C(=O)O)s1. The summed E-state index contributed by atoms with van der Waals surface area (Å²) in [6.07, 6.45) is 0.393. The number of aromatic nitrogens is 1. The van der Waals surface area contributed by atoms with Gasteiger partial charge in [0.15, 0.2) is 0 Å². The molecular weight excluding hydrogens is 280 g/mol. The molecule has 1 aromatic rings. The topological polar surface area (TPSA) is 88.5 Å². The number of rotatable bonds is 7. The number of carboxylic acids is 1. The van der Waals surface area contributed by atoms with E-state index in [1.54, 1.807) is 14.0 Å². The molecule has 1 rings (SSSR count). The summed E-state index contributed by atoms with van der Waals surface area (Å²) in [5.74, 6) is -1.23. The third-order valence-corrected chi connectivity index (χ3v) is 3.76. The first-order chi connectivity index (χ1) is 9.35. The van der Waals surface area contributed by atoms with Gasteiger partial charge in [0.05, 0.1) is 12.3 Å². The number of aryl methyl sites for hydroxylation is 1. The average Bonchev–Trinajstić information content (AvgIpc) is 2.69. The number of methoxy groups -OCH3 is 1. The van der Waals surface area contributed by atoms with Gasteiger partial charge in [-0.25, -0.2) is 9.78 Å². The Morgan fingerprint density at radius 3 is 2.60 bits per heavy atom. The van der Waals surface area contributed by atoms with Crippen LogP contribution < -0.4 is 5.32 Å². The van der Waals surface area contributed by atoms with Crippen LogP contribution in [0.5, 0.6) is 0 Å². The van der Waals surface area contributed by atoms with Crippen molar-refractivity contribution in [2.45, 2.75) is 39.8 Å². The summed E-state index contributed by atoms with van der Waals surface area (Å²) in [6, 6.07) is -0.880. The summed E-state index contributed by atoms with van der Waals surface area (Å²) in [5.41, 5.74) is 0.591. The fourth-order valence-corrected chi connectivity index (χ4v) is 2.70. The molecule has 6 nitrogen and oxygen atoms in total. The van der Waals surface area contributed by atoms with Gasteiger partial charge >= 0.3 is 5.97 Å². The first-order valence-corrected chi connectivity index (χ1v) is 7.15. The van der Waals surface area contributed by atoms with Gasteiger partial charge in [0, 0.05) is 7.11 Å². The molecule has 20 heavy (non-hydrogen) atoms. The van der Waals surface area contributed by atoms with Crippen molar-refractivity contribution in [2.24, 2.45) is 5.92 Å². The lowest BCUT2D eigenvalue weighted by atomic mass is 10.0. The van der Waals surface area contributed by atoms with E-state index < -0.39 is 17.9 Å². The first-order valence-electron chi connectivity index (χ1n) is 6.34. The second-order valence-corrected chi connectivity index (χ2v) is 6.03. The summed E-state index contributed by atoms with van der Waals surface area (Å²) in [4.78, 5) is 27.9. The minimum Gasteiger partial charge on any atom is -0.480 e. The molecule has 0 saturated heterocycles. The molecule has 1 amide bonds. The Hall–Kier alpha value is -1.47. The molecule has 0 saturated carbocycles. The van der Waals surface area contributed by atoms with Crippen molar-refractivity contribution in [3.63, 3.8) is 0 Å². The smallest absolute Gasteiger partial charge is 0.326 e. The largest absolute Gasteiger partial charge is 0.480 e. The summed E-state index contributed by atoms with van der Waals surface area (Å²) in [7, 11) is 1.56. The molecule has 0 unspecified atom stereocenters. The van der Waals surface area contributed by atoms with Crippen LogP contribution in [0.1, 0.15) is 40.6 Å². The lowest BCUT2D eigenvalue weighted by Gasteiger charge is -2.15. The van der Waals surface area contributed by atoms with Gasteiger partial charge in [0.2, 0.25) is 0 Å². The van der Waals surface area contributed by atoms with E-state index in [0.717, 1.165) is 0 Å². The van der Waals surface area contributed by atoms with Crippen molar-refractivity contribution >= 4 is 23.2 Å². The van der Waals surface area contributed by atoms with Crippen molar-refractivity contribution < 1.29 is 19.4 Å². The predicted molar refractivity (Wildman–Crippen MR) is 75.9 cm³/mol. The maximum absolute atomic E-state index is 12.1. The van der Waals surface area contributed by atoms with Crippen LogP contribution in [-0.4, -0.2) is 35.1 Å². The van der Waals surface area contributed by atoms with E-state index in [2.05, 4.69) is 10.3 Å². The number of nitrogens with one attached hydrogen (secondary N) is 1. The lowest BCUT2D eigenvalue weighted by molar-refractivity contribution is -0.139. The van der Waals surface area contributed by atoms with Crippen molar-refractivity contribution in [2.75, 3.05) is 7.11 Å². The minimum absolute atomic E-state index is 0.183. The van der Waals surface area contributed by atoms with Crippen molar-refractivity contribution in [3.05, 3.63) is 15.6 Å². The summed E-state index contributed by atoms with van der Waals surface area (Å²) in [6.45, 7) is 5.89. The van der Waals surface area contributed by atoms with Crippen LogP contribution in [0.3, 0.4) is 0 Å². The highest BCUT2D eigenvalue weighted by Crippen LogP contribution is 2.19. The van der Waals surface area contributed by atoms with Gasteiger partial charge in [-0.2, -0.15) is 0 Å². The Morgan fingerprint density at radius 2 is 2.10 bits per heavy atom. The molecule has 0 bridgehead atoms. The van der Waals surface area contributed by atoms with Crippen molar-refractivity contribution in [3.8, 4) is 0 Å². The molecule has 7 heteroatoms. The van der Waals surface area contributed by atoms with Gasteiger partial charge in [-0.3, -0.25) is 4.79 Å². The zero-order chi connectivity index (χ0) is 15.3. The highest BCUT2D eigenvalue weighted by molar-refractivity contribution is 7.13. The van der Waals surface area contributed by atoms with Gasteiger partial charge in [0.25, 0.3) is 5.91 Å². The van der Waals surface area contributed by atoms with Gasteiger partial charge in [-0.05, 0) is 19.3 Å². The number of ether oxygens (including phenoxy) is 1.